The van der Waals surface area contributed by atoms with Gasteiger partial charge >= 0.3 is 11.9 Å². The lowest BCUT2D eigenvalue weighted by Crippen LogP contribution is -2.27. The van der Waals surface area contributed by atoms with E-state index in [-0.39, 0.29) is 17.0 Å². The molecule has 0 amide bonds. The minimum absolute atomic E-state index is 0.0118. The summed E-state index contributed by atoms with van der Waals surface area (Å²) >= 11 is 0. The molecule has 0 atom stereocenters. The number of hydrogen-bond acceptors (Lipinski definition) is 6. The van der Waals surface area contributed by atoms with E-state index >= 15 is 0 Å². The first kappa shape index (κ1) is 17.3. The Morgan fingerprint density at radius 2 is 1.71 bits per heavy atom. The molecule has 0 spiro atoms. The van der Waals surface area contributed by atoms with Gasteiger partial charge in [-0.15, -0.1) is 0 Å². The van der Waals surface area contributed by atoms with Gasteiger partial charge in [0.05, 0.1) is 25.5 Å². The second-order valence-corrected chi connectivity index (χ2v) is 5.27. The topological polar surface area (TPSA) is 76.1 Å². The van der Waals surface area contributed by atoms with E-state index < -0.39 is 11.9 Å². The summed E-state index contributed by atoms with van der Waals surface area (Å²) in [5, 5.41) is 10.4. The van der Waals surface area contributed by atoms with Gasteiger partial charge in [0.1, 0.15) is 11.4 Å². The number of aryl methyl sites for hydroxylation is 2. The van der Waals surface area contributed by atoms with Crippen LogP contribution in [0.15, 0.2) is 47.8 Å². The number of hydrogen-bond donors (Lipinski definition) is 1. The number of phenolic OH excluding ortho intramolecular Hbond substituents is 1. The van der Waals surface area contributed by atoms with Crippen molar-refractivity contribution in [3.05, 3.63) is 59.0 Å². The maximum absolute atomic E-state index is 12.3. The quantitative estimate of drug-likeness (QED) is 0.859. The molecule has 0 unspecified atom stereocenters. The van der Waals surface area contributed by atoms with Crippen LogP contribution in [-0.2, 0) is 19.1 Å². The van der Waals surface area contributed by atoms with Gasteiger partial charge in [0.15, 0.2) is 0 Å². The number of anilines is 1. The number of rotatable bonds is 3. The summed E-state index contributed by atoms with van der Waals surface area (Å²) in [6, 6.07) is 3.54. The van der Waals surface area contributed by atoms with Crippen molar-refractivity contribution < 1.29 is 24.2 Å². The summed E-state index contributed by atoms with van der Waals surface area (Å²) in [7, 11) is 2.46. The van der Waals surface area contributed by atoms with E-state index in [1.54, 1.807) is 31.3 Å². The number of allylic oxidation sites excluding steroid dienone is 2. The molecule has 1 heterocycles. The molecule has 1 aliphatic rings. The number of esters is 2. The van der Waals surface area contributed by atoms with Crippen molar-refractivity contribution >= 4 is 17.6 Å². The first-order chi connectivity index (χ1) is 11.4. The Morgan fingerprint density at radius 1 is 1.04 bits per heavy atom. The molecule has 1 aliphatic heterocycles. The van der Waals surface area contributed by atoms with Crippen molar-refractivity contribution in [1.29, 1.82) is 0 Å². The van der Waals surface area contributed by atoms with E-state index in [1.165, 1.54) is 25.2 Å². The molecule has 126 valence electrons. The zero-order chi connectivity index (χ0) is 17.9. The lowest BCUT2D eigenvalue weighted by atomic mass is 10.1. The fourth-order valence-corrected chi connectivity index (χ4v) is 2.47. The molecule has 24 heavy (non-hydrogen) atoms. The maximum atomic E-state index is 12.3. The van der Waals surface area contributed by atoms with Crippen LogP contribution < -0.4 is 4.90 Å². The molecule has 1 aromatic carbocycles. The SMILES string of the molecule is COC(=O)C1=C(C(=O)OC)N(c2cc(C)cc(C)c2O)C=CC=C1. The second kappa shape index (κ2) is 7.04. The Labute approximate surface area is 140 Å². The van der Waals surface area contributed by atoms with Crippen LogP contribution in [0, 0.1) is 13.8 Å². The van der Waals surface area contributed by atoms with Crippen LogP contribution in [0.5, 0.6) is 5.75 Å². The van der Waals surface area contributed by atoms with E-state index in [2.05, 4.69) is 0 Å². The Kier molecular flexibility index (Phi) is 5.08. The molecular formula is C18H19NO5. The van der Waals surface area contributed by atoms with Crippen LogP contribution >= 0.6 is 0 Å². The molecule has 2 rings (SSSR count). The zero-order valence-corrected chi connectivity index (χ0v) is 14.0. The van der Waals surface area contributed by atoms with E-state index in [4.69, 9.17) is 9.47 Å². The van der Waals surface area contributed by atoms with Crippen LogP contribution in [0.25, 0.3) is 0 Å². The lowest BCUT2D eigenvalue weighted by molar-refractivity contribution is -0.139. The molecule has 6 nitrogen and oxygen atoms in total. The third-order valence-electron chi connectivity index (χ3n) is 3.57. The molecule has 1 N–H and O–H groups in total. The lowest BCUT2D eigenvalue weighted by Gasteiger charge is -2.24. The predicted octanol–water partition coefficient (Wildman–Crippen LogP) is 2.50. The summed E-state index contributed by atoms with van der Waals surface area (Å²) in [6.07, 6.45) is 6.30. The van der Waals surface area contributed by atoms with Gasteiger partial charge in [0.2, 0.25) is 0 Å². The molecule has 0 aliphatic carbocycles. The first-order valence-corrected chi connectivity index (χ1v) is 7.26. The van der Waals surface area contributed by atoms with Crippen LogP contribution in [0.4, 0.5) is 5.69 Å². The molecule has 6 heteroatoms. The average molecular weight is 329 g/mol. The number of methoxy groups -OCH3 is 2. The second-order valence-electron chi connectivity index (χ2n) is 5.27. The summed E-state index contributed by atoms with van der Waals surface area (Å²) in [4.78, 5) is 25.9. The van der Waals surface area contributed by atoms with Gasteiger partial charge in [0, 0.05) is 6.20 Å². The third kappa shape index (κ3) is 3.17. The summed E-state index contributed by atoms with van der Waals surface area (Å²) in [5.74, 6) is -1.38. The van der Waals surface area contributed by atoms with Crippen LogP contribution in [0.3, 0.4) is 0 Å². The molecule has 0 radical (unpaired) electrons. The Morgan fingerprint density at radius 3 is 2.33 bits per heavy atom. The van der Waals surface area contributed by atoms with Gasteiger partial charge in [-0.3, -0.25) is 0 Å². The van der Waals surface area contributed by atoms with Gasteiger partial charge in [-0.25, -0.2) is 9.59 Å². The fraction of sp³-hybridized carbons (Fsp3) is 0.222. The normalized spacial score (nSPS) is 13.8. The van der Waals surface area contributed by atoms with Crippen molar-refractivity contribution in [2.75, 3.05) is 19.1 Å². The highest BCUT2D eigenvalue weighted by Crippen LogP contribution is 2.36. The van der Waals surface area contributed by atoms with Gasteiger partial charge in [-0.2, -0.15) is 0 Å². The Hall–Kier alpha value is -3.02. The van der Waals surface area contributed by atoms with Gasteiger partial charge in [-0.1, -0.05) is 12.1 Å². The minimum Gasteiger partial charge on any atom is -0.505 e. The van der Waals surface area contributed by atoms with E-state index in [0.29, 0.717) is 11.3 Å². The summed E-state index contributed by atoms with van der Waals surface area (Å²) in [6.45, 7) is 3.63. The number of benzene rings is 1. The van der Waals surface area contributed by atoms with Crippen molar-refractivity contribution in [1.82, 2.24) is 0 Å². The standard InChI is InChI=1S/C18H19NO5/c1-11-9-12(2)16(20)14(10-11)19-8-6-5-7-13(17(21)23-3)15(19)18(22)24-4/h5-10,20H,1-4H3. The van der Waals surface area contributed by atoms with Crippen LogP contribution in [0.1, 0.15) is 11.1 Å². The number of phenols is 1. The van der Waals surface area contributed by atoms with E-state index in [1.807, 2.05) is 13.0 Å². The minimum atomic E-state index is -0.717. The molecule has 0 saturated carbocycles. The zero-order valence-electron chi connectivity index (χ0n) is 14.0. The number of carbonyl (C=O) groups is 2. The highest BCUT2D eigenvalue weighted by molar-refractivity contribution is 6.05. The molecular weight excluding hydrogens is 310 g/mol. The number of carbonyl (C=O) groups excluding carboxylic acids is 2. The third-order valence-corrected chi connectivity index (χ3v) is 3.57. The van der Waals surface area contributed by atoms with Gasteiger partial charge in [-0.05, 0) is 43.2 Å². The smallest absolute Gasteiger partial charge is 0.355 e. The molecule has 0 fully saturated rings. The van der Waals surface area contributed by atoms with Crippen LogP contribution in [-0.4, -0.2) is 31.3 Å². The van der Waals surface area contributed by atoms with E-state index in [9.17, 15) is 14.7 Å². The number of aromatic hydroxyl groups is 1. The molecule has 0 saturated heterocycles. The number of ether oxygens (including phenoxy) is 2. The average Bonchev–Trinajstić information content (AvgIpc) is 2.79. The van der Waals surface area contributed by atoms with Crippen molar-refractivity contribution in [3.63, 3.8) is 0 Å². The summed E-state index contributed by atoms with van der Waals surface area (Å²) < 4.78 is 9.59. The van der Waals surface area contributed by atoms with Crippen LogP contribution in [0.2, 0.25) is 0 Å². The fourth-order valence-electron chi connectivity index (χ4n) is 2.47. The van der Waals surface area contributed by atoms with E-state index in [0.717, 1.165) is 5.56 Å². The highest BCUT2D eigenvalue weighted by atomic mass is 16.5. The maximum Gasteiger partial charge on any atom is 0.355 e. The largest absolute Gasteiger partial charge is 0.505 e. The van der Waals surface area contributed by atoms with Crippen molar-refractivity contribution in [3.8, 4) is 5.75 Å². The van der Waals surface area contributed by atoms with Crippen molar-refractivity contribution in [2.45, 2.75) is 13.8 Å². The Bertz CT molecular complexity index is 774. The number of nitrogens with zero attached hydrogens (tertiary/aromatic N) is 1. The van der Waals surface area contributed by atoms with Gasteiger partial charge < -0.3 is 19.5 Å². The molecule has 0 bridgehead atoms. The molecule has 0 aromatic heterocycles. The van der Waals surface area contributed by atoms with Gasteiger partial charge in [0.25, 0.3) is 0 Å². The summed E-state index contributed by atoms with van der Waals surface area (Å²) in [5.41, 5.74) is 1.92. The Balaban J connectivity index is 2.75. The molecule has 1 aromatic rings. The highest BCUT2D eigenvalue weighted by Gasteiger charge is 2.29. The monoisotopic (exact) mass is 329 g/mol. The van der Waals surface area contributed by atoms with Crippen molar-refractivity contribution in [2.24, 2.45) is 0 Å². The predicted molar refractivity (Wildman–Crippen MR) is 89.4 cm³/mol. The first-order valence-electron chi connectivity index (χ1n) is 7.26.